The van der Waals surface area contributed by atoms with E-state index in [-0.39, 0.29) is 5.69 Å². The maximum Gasteiger partial charge on any atom is 0.435 e. The molecule has 1 amide bonds. The van der Waals surface area contributed by atoms with E-state index in [1.807, 2.05) is 13.0 Å². The number of ether oxygens (including phenoxy) is 1. The van der Waals surface area contributed by atoms with Crippen molar-refractivity contribution in [3.8, 4) is 5.69 Å². The number of hydrogen-bond acceptors (Lipinski definition) is 3. The average Bonchev–Trinajstić information content (AvgIpc) is 3.06. The summed E-state index contributed by atoms with van der Waals surface area (Å²) in [6.07, 6.45) is -6.90. The van der Waals surface area contributed by atoms with Crippen molar-refractivity contribution in [3.05, 3.63) is 83.2 Å². The molecule has 0 aliphatic rings. The van der Waals surface area contributed by atoms with Gasteiger partial charge in [0.2, 0.25) is 0 Å². The van der Waals surface area contributed by atoms with Gasteiger partial charge in [-0.05, 0) is 36.2 Å². The molecule has 27 heavy (non-hydrogen) atoms. The molecule has 0 radical (unpaired) electrons. The summed E-state index contributed by atoms with van der Waals surface area (Å²) in [6.45, 7) is 1.81. The van der Waals surface area contributed by atoms with E-state index in [2.05, 4.69) is 5.10 Å². The number of primary amides is 1. The Kier molecular flexibility index (Phi) is 4.89. The molecule has 0 fully saturated rings. The Morgan fingerprint density at radius 1 is 1.11 bits per heavy atom. The molecule has 0 spiro atoms. The summed E-state index contributed by atoms with van der Waals surface area (Å²) in [5.41, 5.74) is 5.84. The fourth-order valence-electron chi connectivity index (χ4n) is 2.73. The number of amides is 1. The van der Waals surface area contributed by atoms with Crippen molar-refractivity contribution in [2.24, 2.45) is 5.73 Å². The van der Waals surface area contributed by atoms with E-state index >= 15 is 0 Å². The number of rotatable bonds is 4. The van der Waals surface area contributed by atoms with Gasteiger partial charge in [-0.15, -0.1) is 0 Å². The highest BCUT2D eigenvalue weighted by atomic mass is 19.4. The van der Waals surface area contributed by atoms with Crippen molar-refractivity contribution in [3.63, 3.8) is 0 Å². The second-order valence-corrected chi connectivity index (χ2v) is 5.93. The van der Waals surface area contributed by atoms with Crippen LogP contribution in [0.5, 0.6) is 0 Å². The van der Waals surface area contributed by atoms with Gasteiger partial charge in [-0.2, -0.15) is 18.3 Å². The number of alkyl halides is 3. The number of nitrogens with two attached hydrogens (primary N) is 1. The summed E-state index contributed by atoms with van der Waals surface area (Å²) in [5, 5.41) is 3.71. The van der Waals surface area contributed by atoms with Crippen LogP contribution >= 0.6 is 0 Å². The second-order valence-electron chi connectivity index (χ2n) is 5.93. The summed E-state index contributed by atoms with van der Waals surface area (Å²) in [5.74, 6) is 0. The number of nitrogens with zero attached hydrogens (tertiary/aromatic N) is 2. The van der Waals surface area contributed by atoms with Gasteiger partial charge in [0.25, 0.3) is 0 Å². The molecule has 1 heterocycles. The molecular weight excluding hydrogens is 359 g/mol. The number of halogens is 3. The summed E-state index contributed by atoms with van der Waals surface area (Å²) in [7, 11) is 0. The molecule has 1 aromatic heterocycles. The van der Waals surface area contributed by atoms with Gasteiger partial charge in [-0.3, -0.25) is 0 Å². The SMILES string of the molecule is Cc1cccc(-n2nc(C(F)(F)F)cc2C(OC(N)=O)c2ccccc2)c1. The van der Waals surface area contributed by atoms with E-state index in [0.29, 0.717) is 11.3 Å². The molecule has 140 valence electrons. The maximum absolute atomic E-state index is 13.3. The van der Waals surface area contributed by atoms with E-state index in [9.17, 15) is 18.0 Å². The van der Waals surface area contributed by atoms with Crippen LogP contribution in [0.4, 0.5) is 18.0 Å². The molecule has 2 N–H and O–H groups in total. The van der Waals surface area contributed by atoms with Crippen LogP contribution in [-0.4, -0.2) is 15.9 Å². The quantitative estimate of drug-likeness (QED) is 0.735. The molecule has 1 unspecified atom stereocenters. The van der Waals surface area contributed by atoms with Crippen LogP contribution in [0.25, 0.3) is 5.69 Å². The fraction of sp³-hybridized carbons (Fsp3) is 0.158. The van der Waals surface area contributed by atoms with E-state index in [1.165, 1.54) is 0 Å². The van der Waals surface area contributed by atoms with Crippen molar-refractivity contribution in [1.82, 2.24) is 9.78 Å². The third-order valence-electron chi connectivity index (χ3n) is 3.88. The Morgan fingerprint density at radius 2 is 1.81 bits per heavy atom. The minimum absolute atomic E-state index is 0.0397. The van der Waals surface area contributed by atoms with Gasteiger partial charge in [0.15, 0.2) is 11.8 Å². The third kappa shape index (κ3) is 4.11. The monoisotopic (exact) mass is 375 g/mol. The van der Waals surface area contributed by atoms with E-state index in [4.69, 9.17) is 10.5 Å². The van der Waals surface area contributed by atoms with Gasteiger partial charge in [-0.25, -0.2) is 9.48 Å². The van der Waals surface area contributed by atoms with Crippen LogP contribution in [0.1, 0.15) is 28.6 Å². The zero-order valence-corrected chi connectivity index (χ0v) is 14.3. The van der Waals surface area contributed by atoms with E-state index in [1.54, 1.807) is 48.5 Å². The van der Waals surface area contributed by atoms with Crippen molar-refractivity contribution in [1.29, 1.82) is 0 Å². The summed E-state index contributed by atoms with van der Waals surface area (Å²) < 4.78 is 46.2. The predicted octanol–water partition coefficient (Wildman–Crippen LogP) is 4.38. The molecule has 0 aliphatic heterocycles. The lowest BCUT2D eigenvalue weighted by atomic mass is 10.1. The van der Waals surface area contributed by atoms with E-state index < -0.39 is 24.1 Å². The standard InChI is InChI=1S/C19H16F3N3O2/c1-12-6-5-9-14(10-12)25-15(11-16(24-25)19(20,21)22)17(27-18(23)26)13-7-3-2-4-8-13/h2-11,17H,1H3,(H2,23,26). The minimum Gasteiger partial charge on any atom is -0.435 e. The van der Waals surface area contributed by atoms with Crippen LogP contribution in [-0.2, 0) is 10.9 Å². The molecule has 0 bridgehead atoms. The highest BCUT2D eigenvalue weighted by Crippen LogP contribution is 2.34. The summed E-state index contributed by atoms with van der Waals surface area (Å²) in [6, 6.07) is 16.1. The van der Waals surface area contributed by atoms with Crippen LogP contribution in [0, 0.1) is 6.92 Å². The zero-order chi connectivity index (χ0) is 19.6. The van der Waals surface area contributed by atoms with Gasteiger partial charge < -0.3 is 10.5 Å². The first-order valence-electron chi connectivity index (χ1n) is 8.01. The number of carbonyl (C=O) groups is 1. The first kappa shape index (κ1) is 18.5. The first-order valence-corrected chi connectivity index (χ1v) is 8.01. The molecule has 2 aromatic carbocycles. The zero-order valence-electron chi connectivity index (χ0n) is 14.3. The molecule has 0 saturated carbocycles. The Balaban J connectivity index is 2.22. The Labute approximate surface area is 153 Å². The number of hydrogen-bond donors (Lipinski definition) is 1. The normalized spacial score (nSPS) is 12.6. The smallest absolute Gasteiger partial charge is 0.435 e. The molecule has 1 atom stereocenters. The Bertz CT molecular complexity index is 952. The predicted molar refractivity (Wildman–Crippen MR) is 92.3 cm³/mol. The maximum atomic E-state index is 13.3. The highest BCUT2D eigenvalue weighted by Gasteiger charge is 2.37. The second kappa shape index (κ2) is 7.14. The topological polar surface area (TPSA) is 70.1 Å². The highest BCUT2D eigenvalue weighted by molar-refractivity contribution is 5.65. The third-order valence-corrected chi connectivity index (χ3v) is 3.88. The lowest BCUT2D eigenvalue weighted by molar-refractivity contribution is -0.141. The molecule has 0 aliphatic carbocycles. The van der Waals surface area contributed by atoms with Crippen molar-refractivity contribution >= 4 is 6.09 Å². The van der Waals surface area contributed by atoms with Crippen LogP contribution in [0.15, 0.2) is 60.7 Å². The Morgan fingerprint density at radius 3 is 2.41 bits per heavy atom. The van der Waals surface area contributed by atoms with E-state index in [0.717, 1.165) is 16.3 Å². The van der Waals surface area contributed by atoms with Crippen LogP contribution < -0.4 is 5.73 Å². The van der Waals surface area contributed by atoms with Crippen LogP contribution in [0.3, 0.4) is 0 Å². The average molecular weight is 375 g/mol. The molecule has 5 nitrogen and oxygen atoms in total. The lowest BCUT2D eigenvalue weighted by Crippen LogP contribution is -2.20. The van der Waals surface area contributed by atoms with Crippen molar-refractivity contribution in [2.45, 2.75) is 19.2 Å². The van der Waals surface area contributed by atoms with Gasteiger partial charge in [0.05, 0.1) is 11.4 Å². The van der Waals surface area contributed by atoms with Crippen molar-refractivity contribution < 1.29 is 22.7 Å². The minimum atomic E-state index is -4.65. The molecule has 3 aromatic rings. The number of aromatic nitrogens is 2. The Hall–Kier alpha value is -3.29. The largest absolute Gasteiger partial charge is 0.435 e. The molecule has 8 heteroatoms. The molecular formula is C19H16F3N3O2. The molecule has 0 saturated heterocycles. The van der Waals surface area contributed by atoms with Gasteiger partial charge >= 0.3 is 12.3 Å². The summed E-state index contributed by atoms with van der Waals surface area (Å²) in [4.78, 5) is 11.4. The van der Waals surface area contributed by atoms with Gasteiger partial charge in [0, 0.05) is 0 Å². The van der Waals surface area contributed by atoms with Crippen molar-refractivity contribution in [2.75, 3.05) is 0 Å². The fourth-order valence-corrected chi connectivity index (χ4v) is 2.73. The van der Waals surface area contributed by atoms with Gasteiger partial charge in [-0.1, -0.05) is 42.5 Å². The number of aryl methyl sites for hydroxylation is 1. The molecule has 3 rings (SSSR count). The van der Waals surface area contributed by atoms with Gasteiger partial charge in [0.1, 0.15) is 0 Å². The lowest BCUT2D eigenvalue weighted by Gasteiger charge is -2.18. The first-order chi connectivity index (χ1) is 12.8. The van der Waals surface area contributed by atoms with Crippen LogP contribution in [0.2, 0.25) is 0 Å². The number of benzene rings is 2. The number of carbonyl (C=O) groups excluding carboxylic acids is 1. The summed E-state index contributed by atoms with van der Waals surface area (Å²) >= 11 is 0.